The molecule has 3 heterocycles. The smallest absolute Gasteiger partial charge is 0.361 e. The first-order chi connectivity index (χ1) is 17.8. The van der Waals surface area contributed by atoms with Crippen molar-refractivity contribution in [3.05, 3.63) is 51.3 Å². The Morgan fingerprint density at radius 1 is 1.11 bits per heavy atom. The number of β-lactam (4-membered cyclic amide) rings is 1. The largest absolute Gasteiger partial charge is 0.464 e. The van der Waals surface area contributed by atoms with E-state index in [9.17, 15) is 37.7 Å². The maximum Gasteiger partial charge on any atom is 0.361 e. The van der Waals surface area contributed by atoms with Crippen molar-refractivity contribution in [1.29, 1.82) is 0 Å². The minimum absolute atomic E-state index is 0.173. The second kappa shape index (κ2) is 9.47. The molecule has 38 heavy (non-hydrogen) atoms. The summed E-state index contributed by atoms with van der Waals surface area (Å²) >= 11 is 0. The van der Waals surface area contributed by atoms with E-state index in [1.54, 1.807) is 0 Å². The standard InChI is InChI=1S/C21H21N5O11S/c1-21(10-24-22-15(18(28)35-2)16(23-24)19(29)36-3)17(25-13(27)8-14(25)38(21,33)34)20(30)37-9-11-4-6-12(7-5-11)26(31)32/h4-7,14,17H,8-10H2,1-3H3/t14-,17-,21-/m0/s1. The van der Waals surface area contributed by atoms with Gasteiger partial charge in [-0.2, -0.15) is 4.80 Å². The molecule has 2 aliphatic heterocycles. The first kappa shape index (κ1) is 26.6. The molecule has 0 N–H and O–H groups in total. The number of nitrogens with zero attached hydrogens (tertiary/aromatic N) is 5. The van der Waals surface area contributed by atoms with Crippen molar-refractivity contribution in [3.8, 4) is 0 Å². The Hall–Kier alpha value is -4.41. The minimum atomic E-state index is -4.21. The molecule has 202 valence electrons. The Labute approximate surface area is 214 Å². The van der Waals surface area contributed by atoms with Gasteiger partial charge in [0.25, 0.3) is 5.69 Å². The van der Waals surface area contributed by atoms with Gasteiger partial charge in [0.1, 0.15) is 16.7 Å². The summed E-state index contributed by atoms with van der Waals surface area (Å²) in [4.78, 5) is 61.7. The molecule has 2 saturated heterocycles. The number of benzene rings is 1. The molecular formula is C21H21N5O11S. The van der Waals surface area contributed by atoms with Crippen LogP contribution in [0.4, 0.5) is 5.69 Å². The van der Waals surface area contributed by atoms with E-state index in [0.717, 1.165) is 23.9 Å². The lowest BCUT2D eigenvalue weighted by molar-refractivity contribution is -0.384. The molecule has 0 radical (unpaired) electrons. The Morgan fingerprint density at radius 3 is 2.13 bits per heavy atom. The van der Waals surface area contributed by atoms with Crippen LogP contribution in [0.5, 0.6) is 0 Å². The first-order valence-corrected chi connectivity index (χ1v) is 12.5. The number of carbonyl (C=O) groups excluding carboxylic acids is 4. The van der Waals surface area contributed by atoms with Gasteiger partial charge in [-0.3, -0.25) is 14.9 Å². The number of hydrogen-bond acceptors (Lipinski definition) is 13. The SMILES string of the molecule is COC(=O)c1nn(C[C@@]2(C)[C@H](C(=O)OCc3ccc([N+](=O)[O-])cc3)N3C(=O)C[C@@H]3S2(=O)=O)nc1C(=O)OC. The molecule has 1 aromatic heterocycles. The van der Waals surface area contributed by atoms with Crippen molar-refractivity contribution in [2.75, 3.05) is 14.2 Å². The predicted molar refractivity (Wildman–Crippen MR) is 122 cm³/mol. The number of nitro benzene ring substituents is 1. The van der Waals surface area contributed by atoms with Crippen molar-refractivity contribution in [3.63, 3.8) is 0 Å². The van der Waals surface area contributed by atoms with E-state index < -0.39 is 72.7 Å². The summed E-state index contributed by atoms with van der Waals surface area (Å²) in [6.07, 6.45) is -0.336. The van der Waals surface area contributed by atoms with Gasteiger partial charge in [-0.05, 0) is 24.6 Å². The van der Waals surface area contributed by atoms with Crippen LogP contribution in [0, 0.1) is 10.1 Å². The number of hydrogen-bond donors (Lipinski definition) is 0. The van der Waals surface area contributed by atoms with E-state index in [0.29, 0.717) is 5.56 Å². The molecule has 4 rings (SSSR count). The number of carbonyl (C=O) groups is 4. The number of esters is 3. The zero-order chi connectivity index (χ0) is 28.0. The zero-order valence-electron chi connectivity index (χ0n) is 20.2. The van der Waals surface area contributed by atoms with Crippen LogP contribution in [0.15, 0.2) is 24.3 Å². The summed E-state index contributed by atoms with van der Waals surface area (Å²) in [7, 11) is -2.13. The van der Waals surface area contributed by atoms with Crippen LogP contribution in [0.1, 0.15) is 39.9 Å². The number of sulfone groups is 1. The number of fused-ring (bicyclic) bond motifs is 1. The summed E-state index contributed by atoms with van der Waals surface area (Å²) in [5, 5.41) is 17.3. The molecule has 3 atom stereocenters. The fourth-order valence-electron chi connectivity index (χ4n) is 4.39. The molecule has 2 aliphatic rings. The first-order valence-electron chi connectivity index (χ1n) is 10.9. The van der Waals surface area contributed by atoms with Crippen LogP contribution < -0.4 is 0 Å². The van der Waals surface area contributed by atoms with Gasteiger partial charge in [0.15, 0.2) is 15.9 Å². The van der Waals surface area contributed by atoms with Gasteiger partial charge in [-0.15, -0.1) is 10.2 Å². The third-order valence-corrected chi connectivity index (χ3v) is 9.19. The van der Waals surface area contributed by atoms with Crippen LogP contribution >= 0.6 is 0 Å². The zero-order valence-corrected chi connectivity index (χ0v) is 21.0. The van der Waals surface area contributed by atoms with Crippen LogP contribution in [-0.4, -0.2) is 87.4 Å². The summed E-state index contributed by atoms with van der Waals surface area (Å²) in [5.41, 5.74) is -0.852. The maximum absolute atomic E-state index is 13.5. The second-order valence-corrected chi connectivity index (χ2v) is 11.2. The predicted octanol–water partition coefficient (Wildman–Crippen LogP) is -0.383. The summed E-state index contributed by atoms with van der Waals surface area (Å²) in [6.45, 7) is 0.230. The van der Waals surface area contributed by atoms with Gasteiger partial charge < -0.3 is 19.1 Å². The third-order valence-electron chi connectivity index (χ3n) is 6.43. The normalized spacial score (nSPS) is 23.2. The fraction of sp³-hybridized carbons (Fsp3) is 0.429. The highest BCUT2D eigenvalue weighted by atomic mass is 32.2. The average Bonchev–Trinajstić information content (AvgIpc) is 3.36. The molecule has 0 unspecified atom stereocenters. The number of nitro groups is 1. The third kappa shape index (κ3) is 4.13. The van der Waals surface area contributed by atoms with E-state index >= 15 is 0 Å². The molecule has 0 spiro atoms. The number of non-ortho nitro benzene ring substituents is 1. The fourth-order valence-corrected chi connectivity index (χ4v) is 6.72. The monoisotopic (exact) mass is 551 g/mol. The highest BCUT2D eigenvalue weighted by Gasteiger charge is 2.70. The lowest BCUT2D eigenvalue weighted by Gasteiger charge is -2.36. The van der Waals surface area contributed by atoms with Crippen molar-refractivity contribution >= 4 is 39.3 Å². The van der Waals surface area contributed by atoms with E-state index in [-0.39, 0.29) is 18.7 Å². The molecular weight excluding hydrogens is 530 g/mol. The minimum Gasteiger partial charge on any atom is -0.464 e. The van der Waals surface area contributed by atoms with Crippen LogP contribution in [0.25, 0.3) is 0 Å². The van der Waals surface area contributed by atoms with Crippen molar-refractivity contribution in [2.45, 2.75) is 42.7 Å². The highest BCUT2D eigenvalue weighted by Crippen LogP contribution is 2.47. The van der Waals surface area contributed by atoms with Crippen molar-refractivity contribution in [1.82, 2.24) is 19.9 Å². The number of methoxy groups -OCH3 is 2. The average molecular weight is 551 g/mol. The Bertz CT molecular complexity index is 1420. The molecule has 16 nitrogen and oxygen atoms in total. The highest BCUT2D eigenvalue weighted by molar-refractivity contribution is 7.93. The number of amides is 1. The lowest BCUT2D eigenvalue weighted by Crippen LogP contribution is -2.58. The van der Waals surface area contributed by atoms with Gasteiger partial charge in [0.2, 0.25) is 17.3 Å². The molecule has 1 aromatic carbocycles. The topological polar surface area (TPSA) is 207 Å². The number of aromatic nitrogens is 3. The van der Waals surface area contributed by atoms with E-state index in [1.807, 2.05) is 0 Å². The van der Waals surface area contributed by atoms with Crippen LogP contribution in [0.3, 0.4) is 0 Å². The number of ether oxygens (including phenoxy) is 3. The summed E-state index contributed by atoms with van der Waals surface area (Å²) < 4.78 is 39.4. The lowest BCUT2D eigenvalue weighted by atomic mass is 9.96. The van der Waals surface area contributed by atoms with E-state index in [2.05, 4.69) is 19.7 Å². The second-order valence-electron chi connectivity index (χ2n) is 8.66. The quantitative estimate of drug-likeness (QED) is 0.135. The Balaban J connectivity index is 1.66. The van der Waals surface area contributed by atoms with Gasteiger partial charge in [0, 0.05) is 12.1 Å². The molecule has 17 heteroatoms. The maximum atomic E-state index is 13.5. The van der Waals surface area contributed by atoms with Gasteiger partial charge in [-0.1, -0.05) is 0 Å². The van der Waals surface area contributed by atoms with Crippen molar-refractivity contribution < 1.29 is 46.7 Å². The molecule has 0 aliphatic carbocycles. The molecule has 1 amide bonds. The van der Waals surface area contributed by atoms with Crippen molar-refractivity contribution in [2.24, 2.45) is 0 Å². The van der Waals surface area contributed by atoms with E-state index in [4.69, 9.17) is 4.74 Å². The number of rotatable bonds is 8. The van der Waals surface area contributed by atoms with Gasteiger partial charge in [-0.25, -0.2) is 22.8 Å². The molecule has 2 fully saturated rings. The van der Waals surface area contributed by atoms with E-state index in [1.165, 1.54) is 31.2 Å². The summed E-state index contributed by atoms with van der Waals surface area (Å²) in [5.74, 6) is -3.69. The molecule has 0 bridgehead atoms. The van der Waals surface area contributed by atoms with Gasteiger partial charge >= 0.3 is 17.9 Å². The van der Waals surface area contributed by atoms with Gasteiger partial charge in [0.05, 0.1) is 32.1 Å². The molecule has 0 saturated carbocycles. The Morgan fingerprint density at radius 2 is 1.66 bits per heavy atom. The summed E-state index contributed by atoms with van der Waals surface area (Å²) in [6, 6.07) is 3.55. The van der Waals surface area contributed by atoms with Crippen LogP contribution in [-0.2, 0) is 46.8 Å². The Kier molecular flexibility index (Phi) is 6.64. The van der Waals surface area contributed by atoms with Crippen LogP contribution in [0.2, 0.25) is 0 Å². The molecule has 2 aromatic rings.